The molecule has 1 saturated carbocycles. The first-order valence-corrected chi connectivity index (χ1v) is 9.59. The van der Waals surface area contributed by atoms with Crippen LogP contribution in [-0.4, -0.2) is 31.3 Å². The lowest BCUT2D eigenvalue weighted by atomic mass is 9.87. The number of ether oxygens (including phenoxy) is 2. The van der Waals surface area contributed by atoms with Crippen LogP contribution in [-0.2, 0) is 20.9 Å². The highest BCUT2D eigenvalue weighted by molar-refractivity contribution is 5.88. The Balaban J connectivity index is 1.64. The molecule has 2 rings (SSSR count). The number of carbonyl (C=O) groups is 2. The molecule has 1 aliphatic rings. The molecule has 1 aromatic carbocycles. The van der Waals surface area contributed by atoms with Gasteiger partial charge in [0, 0.05) is 13.1 Å². The Kier molecular flexibility index (Phi) is 8.76. The van der Waals surface area contributed by atoms with Gasteiger partial charge in [-0.1, -0.05) is 44.2 Å². The Bertz CT molecular complexity index is 643. The minimum Gasteiger partial charge on any atom is -0.494 e. The quantitative estimate of drug-likeness (QED) is 0.383. The number of halogens is 3. The van der Waals surface area contributed by atoms with Crippen molar-refractivity contribution in [2.45, 2.75) is 57.7 Å². The highest BCUT2D eigenvalue weighted by Gasteiger charge is 2.42. The summed E-state index contributed by atoms with van der Waals surface area (Å²) >= 11 is 0. The monoisotopic (exact) mass is 401 g/mol. The van der Waals surface area contributed by atoms with E-state index in [2.05, 4.69) is 10.1 Å². The van der Waals surface area contributed by atoms with E-state index in [9.17, 15) is 22.8 Å². The van der Waals surface area contributed by atoms with Gasteiger partial charge in [-0.25, -0.2) is 4.79 Å². The van der Waals surface area contributed by atoms with E-state index in [1.807, 2.05) is 24.3 Å². The molecule has 0 saturated heterocycles. The van der Waals surface area contributed by atoms with Gasteiger partial charge >= 0.3 is 18.1 Å². The van der Waals surface area contributed by atoms with Crippen LogP contribution in [0.25, 0.3) is 0 Å². The lowest BCUT2D eigenvalue weighted by Gasteiger charge is -2.21. The second-order valence-electron chi connectivity index (χ2n) is 6.97. The maximum atomic E-state index is 12.0. The van der Waals surface area contributed by atoms with Gasteiger partial charge in [-0.05, 0) is 30.0 Å². The van der Waals surface area contributed by atoms with Gasteiger partial charge in [0.05, 0.1) is 13.0 Å². The zero-order valence-electron chi connectivity index (χ0n) is 15.7. The van der Waals surface area contributed by atoms with Crippen molar-refractivity contribution in [3.05, 3.63) is 29.8 Å². The Morgan fingerprint density at radius 1 is 1.14 bits per heavy atom. The van der Waals surface area contributed by atoms with Crippen LogP contribution in [0, 0.1) is 5.92 Å². The number of esters is 2. The molecule has 156 valence electrons. The lowest BCUT2D eigenvalue weighted by molar-refractivity contribution is -0.201. The largest absolute Gasteiger partial charge is 0.494 e. The van der Waals surface area contributed by atoms with Gasteiger partial charge in [0.2, 0.25) is 0 Å². The summed E-state index contributed by atoms with van der Waals surface area (Å²) in [6.45, 7) is 1.19. The summed E-state index contributed by atoms with van der Waals surface area (Å²) in [7, 11) is 0. The summed E-state index contributed by atoms with van der Waals surface area (Å²) < 4.78 is 45.5. The molecule has 1 aliphatic carbocycles. The first-order chi connectivity index (χ1) is 13.3. The highest BCUT2D eigenvalue weighted by atomic mass is 19.4. The predicted molar refractivity (Wildman–Crippen MR) is 96.6 cm³/mol. The van der Waals surface area contributed by atoms with E-state index >= 15 is 0 Å². The van der Waals surface area contributed by atoms with Gasteiger partial charge < -0.3 is 14.8 Å². The molecule has 0 radical (unpaired) electrons. The fourth-order valence-electron chi connectivity index (χ4n) is 3.20. The molecule has 0 amide bonds. The van der Waals surface area contributed by atoms with Crippen LogP contribution in [0.4, 0.5) is 13.2 Å². The average molecular weight is 401 g/mol. The third kappa shape index (κ3) is 8.29. The van der Waals surface area contributed by atoms with Crippen LogP contribution in [0.1, 0.15) is 50.5 Å². The molecule has 1 aromatic rings. The van der Waals surface area contributed by atoms with E-state index in [4.69, 9.17) is 4.74 Å². The Morgan fingerprint density at radius 3 is 2.61 bits per heavy atom. The first kappa shape index (κ1) is 22.2. The van der Waals surface area contributed by atoms with Crippen LogP contribution in [0.3, 0.4) is 0 Å². The standard InChI is InChI=1S/C20H26F3NO4/c21-20(22,23)19(26)28-18(25)9-11-24-14-16-7-4-8-17(13-16)27-12-10-15-5-2-1-3-6-15/h4,7-8,13,15,24H,1-3,5-6,9-12,14H2. The van der Waals surface area contributed by atoms with Gasteiger partial charge in [0.1, 0.15) is 5.75 Å². The van der Waals surface area contributed by atoms with E-state index < -0.39 is 18.1 Å². The summed E-state index contributed by atoms with van der Waals surface area (Å²) in [6, 6.07) is 7.51. The number of benzene rings is 1. The number of rotatable bonds is 9. The molecule has 1 fully saturated rings. The van der Waals surface area contributed by atoms with Crippen molar-refractivity contribution >= 4 is 11.9 Å². The molecule has 0 heterocycles. The van der Waals surface area contributed by atoms with Gasteiger partial charge in [-0.2, -0.15) is 13.2 Å². The van der Waals surface area contributed by atoms with E-state index in [1.54, 1.807) is 0 Å². The molecule has 8 heteroatoms. The van der Waals surface area contributed by atoms with Crippen molar-refractivity contribution in [1.29, 1.82) is 0 Å². The molecule has 0 aliphatic heterocycles. The number of nitrogens with one attached hydrogen (secondary N) is 1. The van der Waals surface area contributed by atoms with Crippen molar-refractivity contribution in [3.8, 4) is 5.75 Å². The Morgan fingerprint density at radius 2 is 1.89 bits per heavy atom. The number of hydrogen-bond donors (Lipinski definition) is 1. The zero-order chi connectivity index (χ0) is 20.4. The summed E-state index contributed by atoms with van der Waals surface area (Å²) in [5, 5.41) is 2.93. The molecular formula is C20H26F3NO4. The average Bonchev–Trinajstić information content (AvgIpc) is 2.66. The van der Waals surface area contributed by atoms with E-state index in [1.165, 1.54) is 32.1 Å². The molecule has 0 spiro atoms. The molecule has 0 bridgehead atoms. The normalized spacial score (nSPS) is 15.2. The Hall–Kier alpha value is -2.09. The molecular weight excluding hydrogens is 375 g/mol. The fourth-order valence-corrected chi connectivity index (χ4v) is 3.20. The fraction of sp³-hybridized carbons (Fsp3) is 0.600. The third-order valence-electron chi connectivity index (χ3n) is 4.69. The van der Waals surface area contributed by atoms with E-state index in [-0.39, 0.29) is 13.0 Å². The highest BCUT2D eigenvalue weighted by Crippen LogP contribution is 2.26. The second kappa shape index (κ2) is 11.0. The SMILES string of the molecule is O=C(CCNCc1cccc(OCCC2CCCCC2)c1)OC(=O)C(F)(F)F. The number of alkyl halides is 3. The second-order valence-corrected chi connectivity index (χ2v) is 6.97. The molecule has 0 unspecified atom stereocenters. The summed E-state index contributed by atoms with van der Waals surface area (Å²) in [5.41, 5.74) is 0.926. The van der Waals surface area contributed by atoms with Crippen LogP contribution in [0.15, 0.2) is 24.3 Å². The lowest BCUT2D eigenvalue weighted by Crippen LogP contribution is -2.29. The zero-order valence-corrected chi connectivity index (χ0v) is 15.7. The molecule has 0 atom stereocenters. The smallest absolute Gasteiger partial charge is 0.491 e. The van der Waals surface area contributed by atoms with Crippen LogP contribution >= 0.6 is 0 Å². The van der Waals surface area contributed by atoms with Crippen LogP contribution in [0.2, 0.25) is 0 Å². The molecule has 5 nitrogen and oxygen atoms in total. The summed E-state index contributed by atoms with van der Waals surface area (Å²) in [6.07, 6.45) is 2.08. The Labute approximate surface area is 162 Å². The van der Waals surface area contributed by atoms with Crippen molar-refractivity contribution < 1.29 is 32.2 Å². The molecule has 0 aromatic heterocycles. The number of hydrogen-bond acceptors (Lipinski definition) is 5. The van der Waals surface area contributed by atoms with Gasteiger partial charge in [-0.15, -0.1) is 0 Å². The van der Waals surface area contributed by atoms with Crippen molar-refractivity contribution in [1.82, 2.24) is 5.32 Å². The topological polar surface area (TPSA) is 64.6 Å². The van der Waals surface area contributed by atoms with E-state index in [0.29, 0.717) is 13.2 Å². The molecule has 1 N–H and O–H groups in total. The first-order valence-electron chi connectivity index (χ1n) is 9.59. The van der Waals surface area contributed by atoms with Crippen LogP contribution < -0.4 is 10.1 Å². The van der Waals surface area contributed by atoms with Gasteiger partial charge in [0.15, 0.2) is 0 Å². The van der Waals surface area contributed by atoms with Crippen molar-refractivity contribution in [2.24, 2.45) is 5.92 Å². The maximum absolute atomic E-state index is 12.0. The minimum atomic E-state index is -5.17. The molecule has 28 heavy (non-hydrogen) atoms. The van der Waals surface area contributed by atoms with E-state index in [0.717, 1.165) is 23.7 Å². The maximum Gasteiger partial charge on any atom is 0.491 e. The van der Waals surface area contributed by atoms with Gasteiger partial charge in [0.25, 0.3) is 0 Å². The van der Waals surface area contributed by atoms with Crippen LogP contribution in [0.5, 0.6) is 5.75 Å². The minimum absolute atomic E-state index is 0.0940. The predicted octanol–water partition coefficient (Wildman–Crippen LogP) is 4.15. The summed E-state index contributed by atoms with van der Waals surface area (Å²) in [5.74, 6) is -2.18. The van der Waals surface area contributed by atoms with Gasteiger partial charge in [-0.3, -0.25) is 4.79 Å². The third-order valence-corrected chi connectivity index (χ3v) is 4.69. The number of carbonyl (C=O) groups excluding carboxylic acids is 2. The summed E-state index contributed by atoms with van der Waals surface area (Å²) in [4.78, 5) is 21.8. The van der Waals surface area contributed by atoms with Crippen molar-refractivity contribution in [3.63, 3.8) is 0 Å². The van der Waals surface area contributed by atoms with Crippen molar-refractivity contribution in [2.75, 3.05) is 13.2 Å².